The Labute approximate surface area is 87.4 Å². The highest BCUT2D eigenvalue weighted by Gasteiger charge is 2.20. The maximum atomic E-state index is 3.40. The van der Waals surface area contributed by atoms with Gasteiger partial charge in [0.1, 0.15) is 0 Å². The fraction of sp³-hybridized carbons (Fsp3) is 1.00. The molecule has 0 aromatic carbocycles. The Morgan fingerprint density at radius 2 is 1.93 bits per heavy atom. The van der Waals surface area contributed by atoms with Crippen LogP contribution in [0.2, 0.25) is 0 Å². The van der Waals surface area contributed by atoms with E-state index in [2.05, 4.69) is 22.0 Å². The van der Waals surface area contributed by atoms with Crippen LogP contribution < -0.4 is 5.32 Å². The van der Waals surface area contributed by atoms with Gasteiger partial charge in [0.2, 0.25) is 0 Å². The first-order valence-corrected chi connectivity index (χ1v) is 6.03. The Bertz CT molecular complexity index is 166. The predicted molar refractivity (Wildman–Crippen MR) is 59.6 cm³/mol. The van der Waals surface area contributed by atoms with Crippen molar-refractivity contribution < 1.29 is 0 Å². The van der Waals surface area contributed by atoms with Crippen LogP contribution in [-0.2, 0) is 0 Å². The van der Waals surface area contributed by atoms with E-state index in [1.165, 1.54) is 58.7 Å². The zero-order chi connectivity index (χ0) is 9.80. The molecule has 0 amide bonds. The van der Waals surface area contributed by atoms with Gasteiger partial charge < -0.3 is 5.32 Å². The molecule has 0 saturated carbocycles. The Balaban J connectivity index is 1.65. The van der Waals surface area contributed by atoms with Crippen molar-refractivity contribution >= 4 is 0 Å². The maximum absolute atomic E-state index is 3.40. The summed E-state index contributed by atoms with van der Waals surface area (Å²) in [7, 11) is 0. The molecule has 0 spiro atoms. The topological polar surface area (TPSA) is 18.5 Å². The van der Waals surface area contributed by atoms with Gasteiger partial charge >= 0.3 is 0 Å². The molecule has 0 radical (unpaired) electrons. The molecule has 3 nitrogen and oxygen atoms in total. The number of piperazine rings is 1. The van der Waals surface area contributed by atoms with Gasteiger partial charge in [-0.2, -0.15) is 0 Å². The van der Waals surface area contributed by atoms with E-state index < -0.39 is 0 Å². The van der Waals surface area contributed by atoms with E-state index in [1.807, 2.05) is 0 Å². The molecule has 2 aliphatic rings. The number of rotatable bonds is 3. The van der Waals surface area contributed by atoms with Crippen molar-refractivity contribution in [2.45, 2.75) is 25.8 Å². The van der Waals surface area contributed by atoms with Crippen LogP contribution in [0.5, 0.6) is 0 Å². The Kier molecular flexibility index (Phi) is 3.79. The van der Waals surface area contributed by atoms with Gasteiger partial charge in [-0.1, -0.05) is 0 Å². The summed E-state index contributed by atoms with van der Waals surface area (Å²) in [4.78, 5) is 5.23. The first kappa shape index (κ1) is 10.4. The lowest BCUT2D eigenvalue weighted by Gasteiger charge is -2.30. The van der Waals surface area contributed by atoms with Crippen LogP contribution in [0, 0.1) is 0 Å². The minimum Gasteiger partial charge on any atom is -0.314 e. The Hall–Kier alpha value is -0.120. The molecular weight excluding hydrogens is 174 g/mol. The normalized spacial score (nSPS) is 31.1. The molecule has 1 unspecified atom stereocenters. The molecule has 0 aromatic heterocycles. The van der Waals surface area contributed by atoms with Gasteiger partial charge in [0.15, 0.2) is 0 Å². The van der Waals surface area contributed by atoms with Crippen LogP contribution in [0.15, 0.2) is 0 Å². The van der Waals surface area contributed by atoms with Crippen molar-refractivity contribution in [2.75, 3.05) is 45.8 Å². The van der Waals surface area contributed by atoms with Crippen molar-refractivity contribution in [3.05, 3.63) is 0 Å². The number of hydrogen-bond donors (Lipinski definition) is 1. The fourth-order valence-corrected chi connectivity index (χ4v) is 2.53. The molecule has 82 valence electrons. The summed E-state index contributed by atoms with van der Waals surface area (Å²) in [5.41, 5.74) is 0. The molecule has 2 saturated heterocycles. The SMILES string of the molecule is CC1CCCN1CCN1CCNCC1. The maximum Gasteiger partial charge on any atom is 0.0112 e. The second-order valence-corrected chi connectivity index (χ2v) is 4.62. The van der Waals surface area contributed by atoms with E-state index in [1.54, 1.807) is 0 Å². The van der Waals surface area contributed by atoms with Crippen molar-refractivity contribution in [1.82, 2.24) is 15.1 Å². The van der Waals surface area contributed by atoms with Gasteiger partial charge in [0.05, 0.1) is 0 Å². The number of likely N-dealkylation sites (tertiary alicyclic amines) is 1. The molecule has 0 aliphatic carbocycles. The molecule has 1 N–H and O–H groups in total. The summed E-state index contributed by atoms with van der Waals surface area (Å²) in [5, 5.41) is 3.40. The van der Waals surface area contributed by atoms with Gasteiger partial charge in [-0.05, 0) is 26.3 Å². The summed E-state index contributed by atoms with van der Waals surface area (Å²) in [5.74, 6) is 0. The minimum absolute atomic E-state index is 0.831. The molecular formula is C11H23N3. The lowest BCUT2D eigenvalue weighted by Crippen LogP contribution is -2.46. The predicted octanol–water partition coefficient (Wildman–Crippen LogP) is 0.376. The smallest absolute Gasteiger partial charge is 0.0112 e. The second-order valence-electron chi connectivity index (χ2n) is 4.62. The van der Waals surface area contributed by atoms with Crippen molar-refractivity contribution in [1.29, 1.82) is 0 Å². The zero-order valence-corrected chi connectivity index (χ0v) is 9.34. The largest absolute Gasteiger partial charge is 0.314 e. The van der Waals surface area contributed by atoms with Crippen molar-refractivity contribution in [3.8, 4) is 0 Å². The van der Waals surface area contributed by atoms with E-state index in [0.29, 0.717) is 0 Å². The molecule has 0 aromatic rings. The summed E-state index contributed by atoms with van der Waals surface area (Å²) in [6.45, 7) is 11.1. The highest BCUT2D eigenvalue weighted by atomic mass is 15.2. The molecule has 2 aliphatic heterocycles. The number of hydrogen-bond acceptors (Lipinski definition) is 3. The molecule has 3 heteroatoms. The Morgan fingerprint density at radius 1 is 1.14 bits per heavy atom. The minimum atomic E-state index is 0.831. The van der Waals surface area contributed by atoms with E-state index in [4.69, 9.17) is 0 Å². The average molecular weight is 197 g/mol. The van der Waals surface area contributed by atoms with Crippen LogP contribution in [0.25, 0.3) is 0 Å². The summed E-state index contributed by atoms with van der Waals surface area (Å²) >= 11 is 0. The number of nitrogens with zero attached hydrogens (tertiary/aromatic N) is 2. The highest BCUT2D eigenvalue weighted by Crippen LogP contribution is 2.15. The Morgan fingerprint density at radius 3 is 2.57 bits per heavy atom. The van der Waals surface area contributed by atoms with Gasteiger partial charge in [-0.3, -0.25) is 9.80 Å². The van der Waals surface area contributed by atoms with Crippen LogP contribution >= 0.6 is 0 Å². The van der Waals surface area contributed by atoms with Gasteiger partial charge in [0.25, 0.3) is 0 Å². The average Bonchev–Trinajstić information content (AvgIpc) is 2.63. The fourth-order valence-electron chi connectivity index (χ4n) is 2.53. The molecule has 1 atom stereocenters. The highest BCUT2D eigenvalue weighted by molar-refractivity contribution is 4.77. The van der Waals surface area contributed by atoms with E-state index in [0.717, 1.165) is 6.04 Å². The van der Waals surface area contributed by atoms with Crippen molar-refractivity contribution in [2.24, 2.45) is 0 Å². The monoisotopic (exact) mass is 197 g/mol. The number of nitrogens with one attached hydrogen (secondary N) is 1. The van der Waals surface area contributed by atoms with Gasteiger partial charge in [-0.15, -0.1) is 0 Å². The molecule has 14 heavy (non-hydrogen) atoms. The molecule has 2 fully saturated rings. The second kappa shape index (κ2) is 5.10. The summed E-state index contributed by atoms with van der Waals surface area (Å²) in [6, 6.07) is 0.831. The molecule has 0 bridgehead atoms. The van der Waals surface area contributed by atoms with E-state index in [9.17, 15) is 0 Å². The first-order valence-electron chi connectivity index (χ1n) is 6.03. The first-order chi connectivity index (χ1) is 6.86. The summed E-state index contributed by atoms with van der Waals surface area (Å²) < 4.78 is 0. The van der Waals surface area contributed by atoms with E-state index in [-0.39, 0.29) is 0 Å². The standard InChI is InChI=1S/C11H23N3/c1-11-3-2-6-14(11)10-9-13-7-4-12-5-8-13/h11-12H,2-10H2,1H3. The zero-order valence-electron chi connectivity index (χ0n) is 9.34. The van der Waals surface area contributed by atoms with Crippen LogP contribution in [-0.4, -0.2) is 61.7 Å². The summed E-state index contributed by atoms with van der Waals surface area (Å²) in [6.07, 6.45) is 2.81. The van der Waals surface area contributed by atoms with Gasteiger partial charge in [0, 0.05) is 45.3 Å². The van der Waals surface area contributed by atoms with Crippen molar-refractivity contribution in [3.63, 3.8) is 0 Å². The molecule has 2 rings (SSSR count). The van der Waals surface area contributed by atoms with Crippen LogP contribution in [0.4, 0.5) is 0 Å². The lowest BCUT2D eigenvalue weighted by molar-refractivity contribution is 0.185. The van der Waals surface area contributed by atoms with Crippen LogP contribution in [0.3, 0.4) is 0 Å². The quantitative estimate of drug-likeness (QED) is 0.705. The third-order valence-corrected chi connectivity index (χ3v) is 3.60. The lowest BCUT2D eigenvalue weighted by atomic mass is 10.2. The van der Waals surface area contributed by atoms with E-state index >= 15 is 0 Å². The van der Waals surface area contributed by atoms with Gasteiger partial charge in [-0.25, -0.2) is 0 Å². The third-order valence-electron chi connectivity index (χ3n) is 3.60. The third kappa shape index (κ3) is 2.69. The molecule has 2 heterocycles. The van der Waals surface area contributed by atoms with Crippen LogP contribution in [0.1, 0.15) is 19.8 Å².